The van der Waals surface area contributed by atoms with Crippen LogP contribution in [0.25, 0.3) is 6.08 Å². The molecule has 0 aliphatic heterocycles. The maximum absolute atomic E-state index is 12.2. The van der Waals surface area contributed by atoms with Crippen molar-refractivity contribution in [1.29, 1.82) is 5.26 Å². The van der Waals surface area contributed by atoms with Crippen molar-refractivity contribution in [2.75, 3.05) is 10.6 Å². The first kappa shape index (κ1) is 20.3. The van der Waals surface area contributed by atoms with E-state index in [4.69, 9.17) is 5.26 Å². The number of hydrogen-bond acceptors (Lipinski definition) is 4. The van der Waals surface area contributed by atoms with Crippen molar-refractivity contribution in [3.63, 3.8) is 0 Å². The van der Waals surface area contributed by atoms with E-state index in [9.17, 15) is 9.59 Å². The summed E-state index contributed by atoms with van der Waals surface area (Å²) in [7, 11) is 0. The monoisotopic (exact) mass is 379 g/mol. The second kappa shape index (κ2) is 10.2. The Bertz CT molecular complexity index is 870. The van der Waals surface area contributed by atoms with Crippen molar-refractivity contribution in [3.05, 3.63) is 60.2 Å². The highest BCUT2D eigenvalue weighted by Gasteiger charge is 2.09. The third-order valence-corrected chi connectivity index (χ3v) is 4.69. The number of rotatable bonds is 7. The molecule has 0 aromatic heterocycles. The molecule has 27 heavy (non-hydrogen) atoms. The lowest BCUT2D eigenvalue weighted by Gasteiger charge is -2.12. The SMILES string of the molecule is CC(=O)Nc1ccc(C=CC(=O)Nc2ccccc2SC(C)CC#N)cc1. The van der Waals surface area contributed by atoms with Crippen molar-refractivity contribution < 1.29 is 9.59 Å². The molecule has 2 amide bonds. The Balaban J connectivity index is 2.00. The van der Waals surface area contributed by atoms with Crippen LogP contribution < -0.4 is 10.6 Å². The van der Waals surface area contributed by atoms with Gasteiger partial charge in [-0.15, -0.1) is 11.8 Å². The molecule has 0 fully saturated rings. The predicted octanol–water partition coefficient (Wildman–Crippen LogP) is 4.69. The molecule has 2 aromatic rings. The van der Waals surface area contributed by atoms with Gasteiger partial charge in [-0.05, 0) is 35.9 Å². The van der Waals surface area contributed by atoms with Gasteiger partial charge in [-0.2, -0.15) is 5.26 Å². The first-order valence-corrected chi connectivity index (χ1v) is 9.35. The quantitative estimate of drug-likeness (QED) is 0.540. The number of benzene rings is 2. The summed E-state index contributed by atoms with van der Waals surface area (Å²) in [6.07, 6.45) is 3.62. The first-order chi connectivity index (χ1) is 13.0. The summed E-state index contributed by atoms with van der Waals surface area (Å²) in [4.78, 5) is 24.2. The lowest BCUT2D eigenvalue weighted by Crippen LogP contribution is -2.09. The van der Waals surface area contributed by atoms with E-state index in [1.165, 1.54) is 13.0 Å². The molecule has 0 saturated carbocycles. The maximum Gasteiger partial charge on any atom is 0.248 e. The standard InChI is InChI=1S/C21H21N3O2S/c1-15(13-14-22)27-20-6-4-3-5-19(20)24-21(26)12-9-17-7-10-18(11-8-17)23-16(2)25/h3-12,15H,13H2,1-2H3,(H,23,25)(H,24,26). The number of para-hydroxylation sites is 1. The van der Waals surface area contributed by atoms with Gasteiger partial charge in [0.15, 0.2) is 0 Å². The molecule has 0 saturated heterocycles. The Hall–Kier alpha value is -3.04. The minimum atomic E-state index is -0.234. The zero-order valence-corrected chi connectivity index (χ0v) is 16.0. The summed E-state index contributed by atoms with van der Waals surface area (Å²) in [5.41, 5.74) is 2.29. The van der Waals surface area contributed by atoms with Crippen molar-refractivity contribution in [3.8, 4) is 6.07 Å². The summed E-state index contributed by atoms with van der Waals surface area (Å²) in [6.45, 7) is 3.44. The fourth-order valence-corrected chi connectivity index (χ4v) is 3.28. The number of carbonyl (C=O) groups is 2. The molecule has 5 nitrogen and oxygen atoms in total. The van der Waals surface area contributed by atoms with Crippen molar-refractivity contribution in [2.24, 2.45) is 0 Å². The molecule has 0 radical (unpaired) electrons. The molecule has 0 heterocycles. The first-order valence-electron chi connectivity index (χ1n) is 8.47. The molecule has 0 spiro atoms. The molecule has 2 N–H and O–H groups in total. The van der Waals surface area contributed by atoms with Gasteiger partial charge in [0, 0.05) is 35.3 Å². The molecule has 138 valence electrons. The second-order valence-corrected chi connectivity index (χ2v) is 7.39. The van der Waals surface area contributed by atoms with Crippen LogP contribution in [0.2, 0.25) is 0 Å². The Morgan fingerprint density at radius 1 is 1.15 bits per heavy atom. The van der Waals surface area contributed by atoms with Gasteiger partial charge in [-0.1, -0.05) is 31.2 Å². The number of thioether (sulfide) groups is 1. The van der Waals surface area contributed by atoms with Crippen LogP contribution in [0.5, 0.6) is 0 Å². The highest BCUT2D eigenvalue weighted by molar-refractivity contribution is 8.00. The van der Waals surface area contributed by atoms with E-state index in [0.29, 0.717) is 12.1 Å². The summed E-state index contributed by atoms with van der Waals surface area (Å²) in [5.74, 6) is -0.361. The van der Waals surface area contributed by atoms with Crippen LogP contribution in [-0.2, 0) is 9.59 Å². The molecule has 1 atom stereocenters. The van der Waals surface area contributed by atoms with Gasteiger partial charge in [-0.25, -0.2) is 0 Å². The zero-order valence-electron chi connectivity index (χ0n) is 15.2. The predicted molar refractivity (Wildman–Crippen MR) is 110 cm³/mol. The van der Waals surface area contributed by atoms with E-state index in [2.05, 4.69) is 16.7 Å². The van der Waals surface area contributed by atoms with Crippen LogP contribution in [-0.4, -0.2) is 17.1 Å². The Kier molecular flexibility index (Phi) is 7.65. The zero-order chi connectivity index (χ0) is 19.6. The fourth-order valence-electron chi connectivity index (χ4n) is 2.29. The smallest absolute Gasteiger partial charge is 0.248 e. The number of nitriles is 1. The largest absolute Gasteiger partial charge is 0.326 e. The number of nitrogens with zero attached hydrogens (tertiary/aromatic N) is 1. The average Bonchev–Trinajstić information content (AvgIpc) is 2.62. The third kappa shape index (κ3) is 7.00. The fraction of sp³-hybridized carbons (Fsp3) is 0.190. The lowest BCUT2D eigenvalue weighted by atomic mass is 10.2. The van der Waals surface area contributed by atoms with Crippen LogP contribution in [0.1, 0.15) is 25.8 Å². The van der Waals surface area contributed by atoms with Crippen LogP contribution >= 0.6 is 11.8 Å². The Morgan fingerprint density at radius 3 is 2.52 bits per heavy atom. The number of anilines is 2. The van der Waals surface area contributed by atoms with Gasteiger partial charge in [0.05, 0.1) is 11.8 Å². The van der Waals surface area contributed by atoms with Crippen molar-refractivity contribution in [2.45, 2.75) is 30.4 Å². The van der Waals surface area contributed by atoms with E-state index < -0.39 is 0 Å². The van der Waals surface area contributed by atoms with E-state index in [1.54, 1.807) is 30.0 Å². The van der Waals surface area contributed by atoms with E-state index in [0.717, 1.165) is 16.1 Å². The second-order valence-electron chi connectivity index (χ2n) is 5.91. The van der Waals surface area contributed by atoms with Gasteiger partial charge >= 0.3 is 0 Å². The van der Waals surface area contributed by atoms with Crippen LogP contribution in [0, 0.1) is 11.3 Å². The number of hydrogen-bond donors (Lipinski definition) is 2. The topological polar surface area (TPSA) is 82.0 Å². The molecule has 1 unspecified atom stereocenters. The molecule has 6 heteroatoms. The Morgan fingerprint density at radius 2 is 1.85 bits per heavy atom. The van der Waals surface area contributed by atoms with E-state index in [-0.39, 0.29) is 17.1 Å². The molecule has 2 rings (SSSR count). The number of carbonyl (C=O) groups excluding carboxylic acids is 2. The summed E-state index contributed by atoms with van der Waals surface area (Å²) < 4.78 is 0. The molecule has 0 aliphatic carbocycles. The normalized spacial score (nSPS) is 11.6. The van der Waals surface area contributed by atoms with Gasteiger partial charge in [0.2, 0.25) is 11.8 Å². The summed E-state index contributed by atoms with van der Waals surface area (Å²) in [6, 6.07) is 16.9. The number of amides is 2. The third-order valence-electron chi connectivity index (χ3n) is 3.51. The molecule has 0 aliphatic rings. The highest BCUT2D eigenvalue weighted by atomic mass is 32.2. The molecular formula is C21H21N3O2S. The lowest BCUT2D eigenvalue weighted by molar-refractivity contribution is -0.114. The van der Waals surface area contributed by atoms with Crippen molar-refractivity contribution >= 4 is 41.0 Å². The molecular weight excluding hydrogens is 358 g/mol. The highest BCUT2D eigenvalue weighted by Crippen LogP contribution is 2.31. The minimum absolute atomic E-state index is 0.127. The van der Waals surface area contributed by atoms with Gasteiger partial charge in [0.1, 0.15) is 0 Å². The Labute approximate surface area is 163 Å². The maximum atomic E-state index is 12.2. The summed E-state index contributed by atoms with van der Waals surface area (Å²) in [5, 5.41) is 14.5. The summed E-state index contributed by atoms with van der Waals surface area (Å²) >= 11 is 1.56. The van der Waals surface area contributed by atoms with Gasteiger partial charge in [-0.3, -0.25) is 9.59 Å². The number of nitrogens with one attached hydrogen (secondary N) is 2. The van der Waals surface area contributed by atoms with E-state index in [1.807, 2.05) is 43.3 Å². The van der Waals surface area contributed by atoms with Gasteiger partial charge in [0.25, 0.3) is 0 Å². The van der Waals surface area contributed by atoms with Crippen LogP contribution in [0.3, 0.4) is 0 Å². The minimum Gasteiger partial charge on any atom is -0.326 e. The molecule has 0 bridgehead atoms. The molecule has 2 aromatic carbocycles. The van der Waals surface area contributed by atoms with Crippen molar-refractivity contribution in [1.82, 2.24) is 0 Å². The van der Waals surface area contributed by atoms with E-state index >= 15 is 0 Å². The van der Waals surface area contributed by atoms with Crippen LogP contribution in [0.4, 0.5) is 11.4 Å². The van der Waals surface area contributed by atoms with Gasteiger partial charge < -0.3 is 10.6 Å². The van der Waals surface area contributed by atoms with Crippen LogP contribution in [0.15, 0.2) is 59.5 Å². The average molecular weight is 379 g/mol.